The van der Waals surface area contributed by atoms with Crippen molar-refractivity contribution in [2.45, 2.75) is 123 Å². The van der Waals surface area contributed by atoms with E-state index in [1.54, 1.807) is 18.3 Å². The Morgan fingerprint density at radius 2 is 1.78 bits per heavy atom. The number of nitrogens with zero attached hydrogens (tertiary/aromatic N) is 2. The quantitative estimate of drug-likeness (QED) is 0.227. The van der Waals surface area contributed by atoms with Gasteiger partial charge in [0.2, 0.25) is 0 Å². The van der Waals surface area contributed by atoms with E-state index >= 15 is 0 Å². The molecule has 10 atom stereocenters. The van der Waals surface area contributed by atoms with E-state index in [0.29, 0.717) is 90.0 Å². The molecular formula is C45H66ClN3O5S. The molecule has 6 aliphatic carbocycles. The van der Waals surface area contributed by atoms with Crippen molar-refractivity contribution >= 4 is 27.4 Å². The van der Waals surface area contributed by atoms with Gasteiger partial charge >= 0.3 is 5.97 Å². The first kappa shape index (κ1) is 39.9. The number of ether oxygens (including phenoxy) is 1. The average molecular weight is 797 g/mol. The number of nitrogens with one attached hydrogen (secondary N) is 1. The molecular weight excluding hydrogens is 730 g/mol. The van der Waals surface area contributed by atoms with Gasteiger partial charge in [0.25, 0.3) is 0 Å². The molecule has 8 rings (SSSR count). The molecule has 0 aromatic carbocycles. The van der Waals surface area contributed by atoms with E-state index in [1.807, 2.05) is 0 Å². The molecule has 8 unspecified atom stereocenters. The van der Waals surface area contributed by atoms with Crippen LogP contribution in [0.15, 0.2) is 41.6 Å². The first-order valence-electron chi connectivity index (χ1n) is 21.7. The first-order valence-corrected chi connectivity index (χ1v) is 23.9. The number of halogens is 1. The number of rotatable bonds is 10. The van der Waals surface area contributed by atoms with E-state index in [4.69, 9.17) is 16.3 Å². The number of carbonyl (C=O) groups is 1. The van der Waals surface area contributed by atoms with E-state index in [0.717, 1.165) is 37.8 Å². The molecule has 8 nitrogen and oxygen atoms in total. The van der Waals surface area contributed by atoms with Crippen molar-refractivity contribution in [2.24, 2.45) is 51.2 Å². The molecule has 1 aromatic heterocycles. The number of hydrogen-bond acceptors (Lipinski definition) is 7. The second kappa shape index (κ2) is 14.7. The van der Waals surface area contributed by atoms with Gasteiger partial charge in [-0.2, -0.15) is 0 Å². The predicted molar refractivity (Wildman–Crippen MR) is 219 cm³/mol. The van der Waals surface area contributed by atoms with Crippen molar-refractivity contribution < 1.29 is 23.1 Å². The van der Waals surface area contributed by atoms with Crippen LogP contribution < -0.4 is 10.1 Å². The summed E-state index contributed by atoms with van der Waals surface area (Å²) < 4.78 is 29.9. The van der Waals surface area contributed by atoms with Crippen molar-refractivity contribution in [3.8, 4) is 5.75 Å². The van der Waals surface area contributed by atoms with Gasteiger partial charge in [-0.1, -0.05) is 57.9 Å². The van der Waals surface area contributed by atoms with Gasteiger partial charge in [0.1, 0.15) is 10.9 Å². The van der Waals surface area contributed by atoms with Crippen LogP contribution in [0.1, 0.15) is 118 Å². The maximum Gasteiger partial charge on any atom is 0.310 e. The van der Waals surface area contributed by atoms with E-state index in [1.165, 1.54) is 68.9 Å². The summed E-state index contributed by atoms with van der Waals surface area (Å²) in [4.78, 5) is 19.1. The molecule has 0 amide bonds. The van der Waals surface area contributed by atoms with E-state index < -0.39 is 21.2 Å². The summed E-state index contributed by atoms with van der Waals surface area (Å²) in [5.41, 5.74) is 3.28. The summed E-state index contributed by atoms with van der Waals surface area (Å²) in [5.74, 6) is 3.87. The number of carboxylic acids is 1. The highest BCUT2D eigenvalue weighted by Gasteiger charge is 2.68. The number of carboxylic acid groups (broad SMARTS) is 1. The molecule has 55 heavy (non-hydrogen) atoms. The zero-order valence-electron chi connectivity index (χ0n) is 33.9. The fourth-order valence-electron chi connectivity index (χ4n) is 14.5. The van der Waals surface area contributed by atoms with E-state index in [-0.39, 0.29) is 11.0 Å². The molecule has 2 N–H and O–H groups in total. The van der Waals surface area contributed by atoms with Crippen LogP contribution >= 0.6 is 11.6 Å². The summed E-state index contributed by atoms with van der Waals surface area (Å²) in [6.45, 7) is 14.2. The average Bonchev–Trinajstić information content (AvgIpc) is 3.57. The van der Waals surface area contributed by atoms with Crippen LogP contribution in [-0.2, 0) is 14.6 Å². The molecule has 10 heteroatoms. The SMILES string of the molecule is CC1C(C2=CCC(CCOc3ccnc(Cl)c3)(C(=O)O)CC2)=CCC2(C)C1CCC1(C)C2CCC2[C@H]3CCCC3(NCCN3CCS(=O)(=O)CC3)CC[C@]21C. The Bertz CT molecular complexity index is 1800. The Labute approximate surface area is 335 Å². The number of allylic oxidation sites excluding steroid dienone is 4. The van der Waals surface area contributed by atoms with Crippen LogP contribution in [0.5, 0.6) is 5.75 Å². The Balaban J connectivity index is 0.939. The fourth-order valence-corrected chi connectivity index (χ4v) is 15.9. The molecule has 7 aliphatic rings. The van der Waals surface area contributed by atoms with E-state index in [9.17, 15) is 18.3 Å². The summed E-state index contributed by atoms with van der Waals surface area (Å²) in [5, 5.41) is 15.0. The lowest BCUT2D eigenvalue weighted by Gasteiger charge is -2.71. The molecule has 1 aromatic rings. The second-order valence-corrected chi connectivity index (χ2v) is 22.6. The minimum atomic E-state index is -2.85. The van der Waals surface area contributed by atoms with Crippen molar-refractivity contribution in [3.05, 3.63) is 46.8 Å². The number of aromatic nitrogens is 1. The van der Waals surface area contributed by atoms with Gasteiger partial charge in [-0.15, -0.1) is 0 Å². The zero-order chi connectivity index (χ0) is 38.9. The number of aliphatic carboxylic acids is 1. The minimum absolute atomic E-state index is 0.250. The van der Waals surface area contributed by atoms with Crippen LogP contribution in [0.25, 0.3) is 0 Å². The zero-order valence-corrected chi connectivity index (χ0v) is 35.5. The Kier molecular flexibility index (Phi) is 10.7. The van der Waals surface area contributed by atoms with Gasteiger partial charge in [0, 0.05) is 44.0 Å². The molecule has 5 fully saturated rings. The molecule has 2 heterocycles. The molecule has 1 saturated heterocycles. The van der Waals surface area contributed by atoms with Gasteiger partial charge < -0.3 is 20.1 Å². The highest BCUT2D eigenvalue weighted by molar-refractivity contribution is 7.91. The fraction of sp³-hybridized carbons (Fsp3) is 0.778. The summed E-state index contributed by atoms with van der Waals surface area (Å²) in [6.07, 6.45) is 21.9. The topological polar surface area (TPSA) is 109 Å². The molecule has 4 saturated carbocycles. The van der Waals surface area contributed by atoms with Crippen molar-refractivity contribution in [1.82, 2.24) is 15.2 Å². The maximum absolute atomic E-state index is 12.7. The van der Waals surface area contributed by atoms with Gasteiger partial charge in [-0.3, -0.25) is 4.79 Å². The van der Waals surface area contributed by atoms with Crippen LogP contribution in [0, 0.1) is 51.2 Å². The largest absolute Gasteiger partial charge is 0.493 e. The lowest BCUT2D eigenvalue weighted by molar-refractivity contribution is -0.212. The smallest absolute Gasteiger partial charge is 0.310 e. The lowest BCUT2D eigenvalue weighted by atomic mass is 9.34. The highest BCUT2D eigenvalue weighted by atomic mass is 35.5. The summed E-state index contributed by atoms with van der Waals surface area (Å²) in [6, 6.07) is 3.43. The summed E-state index contributed by atoms with van der Waals surface area (Å²) in [7, 11) is -2.85. The normalized spacial score (nSPS) is 42.5. The molecule has 0 radical (unpaired) electrons. The highest BCUT2D eigenvalue weighted by Crippen LogP contribution is 2.75. The van der Waals surface area contributed by atoms with Crippen molar-refractivity contribution in [3.63, 3.8) is 0 Å². The lowest BCUT2D eigenvalue weighted by Crippen LogP contribution is -2.67. The Morgan fingerprint density at radius 3 is 2.51 bits per heavy atom. The monoisotopic (exact) mass is 795 g/mol. The third kappa shape index (κ3) is 6.84. The van der Waals surface area contributed by atoms with E-state index in [2.05, 4.69) is 55.0 Å². The third-order valence-corrected chi connectivity index (χ3v) is 19.7. The minimum Gasteiger partial charge on any atom is -0.493 e. The first-order chi connectivity index (χ1) is 26.1. The van der Waals surface area contributed by atoms with Gasteiger partial charge in [-0.25, -0.2) is 13.4 Å². The van der Waals surface area contributed by atoms with Crippen LogP contribution in [0.4, 0.5) is 0 Å². The molecule has 1 aliphatic heterocycles. The molecule has 0 spiro atoms. The number of sulfone groups is 1. The standard InChI is InChI=1S/C45H66ClN3O5S/c1-31-34(32-9-17-44(18-10-32,40(50)51)21-27-54-33-13-22-47-39(46)30-33)11-15-41(2)35(31)12-16-43(4)38(41)8-7-36-37-6-5-14-45(37,20-19-42(36,43)3)48-23-24-49-25-28-55(52,53)29-26-49/h9,11,13,22,30-31,35-38,48H,5-8,10,12,14-21,23-29H2,1-4H3,(H,50,51)/t31?,35?,36?,37-,38?,41?,42-,43?,44?,45?/m1/s1. The molecule has 0 bridgehead atoms. The van der Waals surface area contributed by atoms with Crippen molar-refractivity contribution in [2.75, 3.05) is 44.3 Å². The van der Waals surface area contributed by atoms with Crippen molar-refractivity contribution in [1.29, 1.82) is 0 Å². The number of pyridine rings is 1. The third-order valence-electron chi connectivity index (χ3n) is 17.9. The number of fused-ring (bicyclic) bond motifs is 7. The van der Waals surface area contributed by atoms with Gasteiger partial charge in [-0.05, 0) is 147 Å². The predicted octanol–water partition coefficient (Wildman–Crippen LogP) is 8.76. The second-order valence-electron chi connectivity index (χ2n) is 19.9. The van der Waals surface area contributed by atoms with Crippen LogP contribution in [-0.4, -0.2) is 79.2 Å². The van der Waals surface area contributed by atoms with Gasteiger partial charge in [0.05, 0.1) is 23.5 Å². The van der Waals surface area contributed by atoms with Crippen LogP contribution in [0.2, 0.25) is 5.15 Å². The Hall–Kier alpha value is -1.94. The van der Waals surface area contributed by atoms with Gasteiger partial charge in [0.15, 0.2) is 9.84 Å². The summed E-state index contributed by atoms with van der Waals surface area (Å²) >= 11 is 6.02. The Morgan fingerprint density at radius 1 is 0.982 bits per heavy atom. The van der Waals surface area contributed by atoms with Crippen LogP contribution in [0.3, 0.4) is 0 Å². The number of hydrogen-bond donors (Lipinski definition) is 2. The maximum atomic E-state index is 12.7. The molecule has 304 valence electrons.